The lowest BCUT2D eigenvalue weighted by Gasteiger charge is -2.09. The Kier molecular flexibility index (Phi) is 5.48. The average molecular weight is 358 g/mol. The number of ether oxygens (including phenoxy) is 1. The van der Waals surface area contributed by atoms with E-state index in [9.17, 15) is 9.90 Å². The van der Waals surface area contributed by atoms with Crippen molar-refractivity contribution < 1.29 is 14.6 Å². The molecule has 6 heteroatoms. The number of hydrogen-bond acceptors (Lipinski definition) is 5. The van der Waals surface area contributed by atoms with E-state index in [1.807, 2.05) is 6.07 Å². The Morgan fingerprint density at radius 2 is 2.20 bits per heavy atom. The van der Waals surface area contributed by atoms with Crippen molar-refractivity contribution in [1.29, 1.82) is 0 Å². The van der Waals surface area contributed by atoms with E-state index in [1.165, 1.54) is 31.7 Å². The van der Waals surface area contributed by atoms with Crippen molar-refractivity contribution in [3.8, 4) is 11.5 Å². The van der Waals surface area contributed by atoms with Crippen LogP contribution in [0.15, 0.2) is 34.7 Å². The highest BCUT2D eigenvalue weighted by Crippen LogP contribution is 2.35. The normalized spacial score (nSPS) is 21.1. The minimum Gasteiger partial charge on any atom is -0.504 e. The number of carbonyl (C=O) groups is 1. The molecule has 0 aromatic heterocycles. The van der Waals surface area contributed by atoms with Crippen LogP contribution in [0, 0.1) is 0 Å². The van der Waals surface area contributed by atoms with Gasteiger partial charge in [0.05, 0.1) is 18.1 Å². The summed E-state index contributed by atoms with van der Waals surface area (Å²) < 4.78 is 5.23. The van der Waals surface area contributed by atoms with Crippen LogP contribution in [-0.2, 0) is 11.2 Å². The number of thioether (sulfide) groups is 1. The molecule has 1 amide bonds. The summed E-state index contributed by atoms with van der Waals surface area (Å²) in [5.41, 5.74) is 1.51. The zero-order valence-electron chi connectivity index (χ0n) is 14.2. The van der Waals surface area contributed by atoms with E-state index in [1.54, 1.807) is 18.2 Å². The minimum absolute atomic E-state index is 0.108. The highest BCUT2D eigenvalue weighted by atomic mass is 32.2. The number of hydrogen-bond donors (Lipinski definition) is 2. The predicted octanol–water partition coefficient (Wildman–Crippen LogP) is 3.63. The summed E-state index contributed by atoms with van der Waals surface area (Å²) in [4.78, 5) is 17.4. The monoisotopic (exact) mass is 358 g/mol. The van der Waals surface area contributed by atoms with Crippen molar-refractivity contribution in [3.63, 3.8) is 0 Å². The van der Waals surface area contributed by atoms with E-state index < -0.39 is 0 Å². The average Bonchev–Trinajstić information content (AvgIpc) is 3.21. The second-order valence-electron chi connectivity index (χ2n) is 6.16. The number of methoxy groups -OCH3 is 1. The molecule has 0 radical (unpaired) electrons. The third-order valence-electron chi connectivity index (χ3n) is 4.33. The van der Waals surface area contributed by atoms with E-state index in [4.69, 9.17) is 4.74 Å². The predicted molar refractivity (Wildman–Crippen MR) is 102 cm³/mol. The minimum atomic E-state index is -0.140. The Bertz CT molecular complexity index is 749. The smallest absolute Gasteiger partial charge is 0.264 e. The second kappa shape index (κ2) is 7.78. The topological polar surface area (TPSA) is 70.9 Å². The lowest BCUT2D eigenvalue weighted by molar-refractivity contribution is -0.115. The van der Waals surface area contributed by atoms with Crippen molar-refractivity contribution in [2.45, 2.75) is 38.1 Å². The SMILES string of the molecule is C=CCc1cc(/C=C2/SC(=NC3CCCC3)NC2=O)cc(OC)c1O. The first kappa shape index (κ1) is 17.6. The molecule has 3 rings (SSSR count). The number of nitrogens with zero attached hydrogens (tertiary/aromatic N) is 1. The molecule has 1 aliphatic heterocycles. The van der Waals surface area contributed by atoms with Gasteiger partial charge in [-0.25, -0.2) is 0 Å². The van der Waals surface area contributed by atoms with Gasteiger partial charge in [0, 0.05) is 5.56 Å². The van der Waals surface area contributed by atoms with Gasteiger partial charge in [0.1, 0.15) is 0 Å². The number of benzene rings is 1. The van der Waals surface area contributed by atoms with Crippen LogP contribution in [0.25, 0.3) is 6.08 Å². The van der Waals surface area contributed by atoms with Crippen molar-refractivity contribution >= 4 is 28.9 Å². The van der Waals surface area contributed by atoms with Gasteiger partial charge in [0.15, 0.2) is 16.7 Å². The highest BCUT2D eigenvalue weighted by Gasteiger charge is 2.25. The van der Waals surface area contributed by atoms with E-state index in [-0.39, 0.29) is 11.7 Å². The molecule has 1 saturated heterocycles. The summed E-state index contributed by atoms with van der Waals surface area (Å²) in [7, 11) is 1.51. The maximum atomic E-state index is 12.2. The van der Waals surface area contributed by atoms with Gasteiger partial charge in [-0.15, -0.1) is 6.58 Å². The molecular formula is C19H22N2O3S. The van der Waals surface area contributed by atoms with Crippen molar-refractivity contribution in [1.82, 2.24) is 5.32 Å². The number of allylic oxidation sites excluding steroid dienone is 1. The molecule has 25 heavy (non-hydrogen) atoms. The molecule has 1 aromatic carbocycles. The van der Waals surface area contributed by atoms with Gasteiger partial charge in [-0.1, -0.05) is 18.9 Å². The fourth-order valence-corrected chi connectivity index (χ4v) is 3.97. The molecule has 1 saturated carbocycles. The molecule has 2 fully saturated rings. The number of nitrogens with one attached hydrogen (secondary N) is 1. The van der Waals surface area contributed by atoms with Crippen LogP contribution in [0.1, 0.15) is 36.8 Å². The van der Waals surface area contributed by atoms with Crippen molar-refractivity contribution in [2.24, 2.45) is 4.99 Å². The number of aliphatic imine (C=N–C) groups is 1. The summed E-state index contributed by atoms with van der Waals surface area (Å²) in [5, 5.41) is 13.7. The summed E-state index contributed by atoms with van der Waals surface area (Å²) in [5.74, 6) is 0.352. The molecule has 2 N–H and O–H groups in total. The van der Waals surface area contributed by atoms with E-state index in [2.05, 4.69) is 16.9 Å². The third-order valence-corrected chi connectivity index (χ3v) is 5.26. The van der Waals surface area contributed by atoms with Crippen molar-refractivity contribution in [3.05, 3.63) is 40.8 Å². The first-order chi connectivity index (χ1) is 12.1. The number of aromatic hydroxyl groups is 1. The maximum Gasteiger partial charge on any atom is 0.264 e. The van der Waals surface area contributed by atoms with Crippen LogP contribution < -0.4 is 10.1 Å². The molecule has 1 heterocycles. The highest BCUT2D eigenvalue weighted by molar-refractivity contribution is 8.18. The largest absolute Gasteiger partial charge is 0.504 e. The Labute approximate surface area is 151 Å². The molecule has 132 valence electrons. The zero-order valence-corrected chi connectivity index (χ0v) is 15.1. The molecular weight excluding hydrogens is 336 g/mol. The van der Waals surface area contributed by atoms with E-state index >= 15 is 0 Å². The molecule has 1 aromatic rings. The summed E-state index contributed by atoms with van der Waals surface area (Å²) in [6.45, 7) is 3.70. The van der Waals surface area contributed by atoms with Gasteiger partial charge in [-0.3, -0.25) is 9.79 Å². The number of carbonyl (C=O) groups excluding carboxylic acids is 1. The summed E-state index contributed by atoms with van der Waals surface area (Å²) in [6, 6.07) is 3.89. The Morgan fingerprint density at radius 1 is 1.44 bits per heavy atom. The van der Waals surface area contributed by atoms with E-state index in [0.29, 0.717) is 33.8 Å². The molecule has 0 atom stereocenters. The standard InChI is InChI=1S/C19H22N2O3S/c1-3-6-13-9-12(10-15(24-2)17(13)22)11-16-18(23)21-19(25-16)20-14-7-4-5-8-14/h3,9-11,14,22H,1,4-8H2,2H3,(H,20,21,23)/b16-11+. The molecule has 1 aliphatic carbocycles. The summed E-state index contributed by atoms with van der Waals surface area (Å²) in [6.07, 6.45) is 8.65. The molecule has 0 spiro atoms. The van der Waals surface area contributed by atoms with Gasteiger partial charge < -0.3 is 15.2 Å². The zero-order chi connectivity index (χ0) is 17.8. The summed E-state index contributed by atoms with van der Waals surface area (Å²) >= 11 is 1.36. The van der Waals surface area contributed by atoms with Crippen LogP contribution in [0.5, 0.6) is 11.5 Å². The Balaban J connectivity index is 1.85. The fraction of sp³-hybridized carbons (Fsp3) is 0.368. The van der Waals surface area contributed by atoms with Crippen LogP contribution >= 0.6 is 11.8 Å². The second-order valence-corrected chi connectivity index (χ2v) is 7.19. The van der Waals surface area contributed by atoms with Crippen LogP contribution in [0.4, 0.5) is 0 Å². The van der Waals surface area contributed by atoms with Gasteiger partial charge in [0.2, 0.25) is 0 Å². The lowest BCUT2D eigenvalue weighted by Crippen LogP contribution is -2.21. The fourth-order valence-electron chi connectivity index (χ4n) is 3.08. The third kappa shape index (κ3) is 4.07. The quantitative estimate of drug-likeness (QED) is 0.623. The Hall–Kier alpha value is -2.21. The number of phenols is 1. The van der Waals surface area contributed by atoms with E-state index in [0.717, 1.165) is 18.4 Å². The van der Waals surface area contributed by atoms with Crippen molar-refractivity contribution in [2.75, 3.05) is 7.11 Å². The Morgan fingerprint density at radius 3 is 2.88 bits per heavy atom. The van der Waals surface area contributed by atoms with Gasteiger partial charge in [-0.05, 0) is 54.8 Å². The van der Waals surface area contributed by atoms with Gasteiger partial charge in [0.25, 0.3) is 5.91 Å². The van der Waals surface area contributed by atoms with Gasteiger partial charge in [-0.2, -0.15) is 0 Å². The molecule has 2 aliphatic rings. The number of amidine groups is 1. The first-order valence-electron chi connectivity index (χ1n) is 8.40. The maximum absolute atomic E-state index is 12.2. The van der Waals surface area contributed by atoms with Crippen LogP contribution in [0.3, 0.4) is 0 Å². The number of phenolic OH excluding ortho intramolecular Hbond substituents is 1. The molecule has 0 bridgehead atoms. The molecule has 5 nitrogen and oxygen atoms in total. The molecule has 0 unspecified atom stereocenters. The number of rotatable bonds is 5. The number of amides is 1. The van der Waals surface area contributed by atoms with Crippen LogP contribution in [-0.4, -0.2) is 29.3 Å². The van der Waals surface area contributed by atoms with Gasteiger partial charge >= 0.3 is 0 Å². The first-order valence-corrected chi connectivity index (χ1v) is 9.22. The van der Waals surface area contributed by atoms with Crippen LogP contribution in [0.2, 0.25) is 0 Å². The lowest BCUT2D eigenvalue weighted by atomic mass is 10.1.